The summed E-state index contributed by atoms with van der Waals surface area (Å²) in [6.45, 7) is 0.143. The van der Waals surface area contributed by atoms with Gasteiger partial charge in [0.2, 0.25) is 0 Å². The molecule has 1 aromatic carbocycles. The quantitative estimate of drug-likeness (QED) is 0.720. The second-order valence-electron chi connectivity index (χ2n) is 3.51. The van der Waals surface area contributed by atoms with Crippen molar-refractivity contribution in [2.24, 2.45) is 0 Å². The van der Waals surface area contributed by atoms with Gasteiger partial charge in [-0.3, -0.25) is 0 Å². The fraction of sp³-hybridized carbons (Fsp3) is 0.500. The zero-order valence-corrected chi connectivity index (χ0v) is 9.71. The molecule has 1 N–H and O–H groups in total. The summed E-state index contributed by atoms with van der Waals surface area (Å²) in [7, 11) is 0. The van der Waals surface area contributed by atoms with E-state index in [2.05, 4.69) is 12.1 Å². The van der Waals surface area contributed by atoms with E-state index in [9.17, 15) is 4.55 Å². The first-order chi connectivity index (χ1) is 7.33. The molecule has 15 heavy (non-hydrogen) atoms. The van der Waals surface area contributed by atoms with E-state index in [-0.39, 0.29) is 6.61 Å². The number of aryl methyl sites for hydroxylation is 1. The van der Waals surface area contributed by atoms with Crippen LogP contribution < -0.4 is 0 Å². The summed E-state index contributed by atoms with van der Waals surface area (Å²) >= 11 is -0.754. The van der Waals surface area contributed by atoms with Crippen molar-refractivity contribution >= 4 is 11.2 Å². The third-order valence-electron chi connectivity index (χ3n) is 2.21. The third kappa shape index (κ3) is 5.82. The summed E-state index contributed by atoms with van der Waals surface area (Å²) in [6, 6.07) is 10.2. The molecule has 84 valence electrons. The molecule has 0 saturated carbocycles. The van der Waals surface area contributed by atoms with Crippen molar-refractivity contribution in [3.63, 3.8) is 0 Å². The molecule has 0 heterocycles. The van der Waals surface area contributed by atoms with E-state index >= 15 is 0 Å². The van der Waals surface area contributed by atoms with Gasteiger partial charge in [-0.25, -0.2) is 0 Å². The Hall–Kier alpha value is -0.510. The monoisotopic (exact) mass is 226 g/mol. The van der Waals surface area contributed by atoms with Crippen molar-refractivity contribution in [1.29, 1.82) is 0 Å². The van der Waals surface area contributed by atoms with Gasteiger partial charge in [0.15, 0.2) is 0 Å². The Bertz CT molecular complexity index is 251. The van der Waals surface area contributed by atoms with Gasteiger partial charge in [0, 0.05) is 13.0 Å². The van der Waals surface area contributed by atoms with Gasteiger partial charge in [-0.15, -0.1) is 0 Å². The highest BCUT2D eigenvalue weighted by molar-refractivity contribution is 7.91. The number of aliphatic hydroxyl groups excluding tert-OH is 1. The second kappa shape index (κ2) is 7.74. The van der Waals surface area contributed by atoms with Crippen LogP contribution in [0.15, 0.2) is 30.3 Å². The van der Waals surface area contributed by atoms with Gasteiger partial charge >= 0.3 is 0 Å². The third-order valence-corrected chi connectivity index (χ3v) is 3.70. The SMILES string of the molecule is [O-][S+](CCCO)CCCc1ccccc1. The average molecular weight is 226 g/mol. The minimum Gasteiger partial charge on any atom is -0.616 e. The van der Waals surface area contributed by atoms with Crippen LogP contribution in [0.3, 0.4) is 0 Å². The van der Waals surface area contributed by atoms with Crippen molar-refractivity contribution in [3.05, 3.63) is 35.9 Å². The molecule has 0 fully saturated rings. The first-order valence-corrected chi connectivity index (χ1v) is 6.81. The van der Waals surface area contributed by atoms with E-state index in [1.54, 1.807) is 0 Å². The van der Waals surface area contributed by atoms with Gasteiger partial charge in [0.05, 0.1) is 0 Å². The maximum Gasteiger partial charge on any atom is 0.107 e. The lowest BCUT2D eigenvalue weighted by Crippen LogP contribution is -2.12. The lowest BCUT2D eigenvalue weighted by Gasteiger charge is -2.09. The molecule has 0 amide bonds. The zero-order chi connectivity index (χ0) is 10.9. The Balaban J connectivity index is 2.11. The molecule has 0 saturated heterocycles. The number of aliphatic hydroxyl groups is 1. The van der Waals surface area contributed by atoms with Gasteiger partial charge in [-0.1, -0.05) is 41.5 Å². The van der Waals surface area contributed by atoms with Crippen molar-refractivity contribution in [3.8, 4) is 0 Å². The zero-order valence-electron chi connectivity index (χ0n) is 8.89. The van der Waals surface area contributed by atoms with Crippen LogP contribution in [0.2, 0.25) is 0 Å². The first-order valence-electron chi connectivity index (χ1n) is 5.32. The van der Waals surface area contributed by atoms with Crippen LogP contribution in [0.1, 0.15) is 18.4 Å². The van der Waals surface area contributed by atoms with Crippen LogP contribution in [0.4, 0.5) is 0 Å². The largest absolute Gasteiger partial charge is 0.616 e. The van der Waals surface area contributed by atoms with Crippen LogP contribution in [0, 0.1) is 0 Å². The molecule has 1 rings (SSSR count). The predicted octanol–water partition coefficient (Wildman–Crippen LogP) is 1.75. The van der Waals surface area contributed by atoms with Crippen LogP contribution in [0.5, 0.6) is 0 Å². The van der Waals surface area contributed by atoms with Crippen LogP contribution in [0.25, 0.3) is 0 Å². The fourth-order valence-corrected chi connectivity index (χ4v) is 2.53. The Morgan fingerprint density at radius 3 is 2.40 bits per heavy atom. The molecule has 1 aromatic rings. The molecular weight excluding hydrogens is 208 g/mol. The van der Waals surface area contributed by atoms with Crippen LogP contribution in [-0.2, 0) is 17.6 Å². The molecule has 1 unspecified atom stereocenters. The van der Waals surface area contributed by atoms with E-state index in [1.165, 1.54) is 5.56 Å². The first kappa shape index (κ1) is 12.6. The molecule has 0 aliphatic carbocycles. The molecule has 0 radical (unpaired) electrons. The summed E-state index contributed by atoms with van der Waals surface area (Å²) in [5, 5.41) is 8.58. The van der Waals surface area contributed by atoms with Gasteiger partial charge in [-0.2, -0.15) is 0 Å². The molecule has 0 spiro atoms. The predicted molar refractivity (Wildman–Crippen MR) is 64.3 cm³/mol. The lowest BCUT2D eigenvalue weighted by molar-refractivity contribution is 0.295. The number of rotatable bonds is 7. The Morgan fingerprint density at radius 2 is 1.73 bits per heavy atom. The van der Waals surface area contributed by atoms with Gasteiger partial charge in [0.25, 0.3) is 0 Å². The van der Waals surface area contributed by atoms with Gasteiger partial charge < -0.3 is 9.66 Å². The van der Waals surface area contributed by atoms with Crippen molar-refractivity contribution in [1.82, 2.24) is 0 Å². The molecule has 0 aliphatic rings. The number of hydrogen-bond acceptors (Lipinski definition) is 2. The highest BCUT2D eigenvalue weighted by Gasteiger charge is 2.04. The molecule has 0 aromatic heterocycles. The average Bonchev–Trinajstić information content (AvgIpc) is 2.28. The summed E-state index contributed by atoms with van der Waals surface area (Å²) in [6.07, 6.45) is 2.60. The molecule has 0 bridgehead atoms. The highest BCUT2D eigenvalue weighted by Crippen LogP contribution is 2.05. The highest BCUT2D eigenvalue weighted by atomic mass is 32.2. The minimum absolute atomic E-state index is 0.143. The Labute approximate surface area is 94.5 Å². The maximum absolute atomic E-state index is 11.4. The Kier molecular flexibility index (Phi) is 6.48. The maximum atomic E-state index is 11.4. The molecule has 0 aliphatic heterocycles. The van der Waals surface area contributed by atoms with E-state index in [0.29, 0.717) is 12.2 Å². The number of benzene rings is 1. The smallest absolute Gasteiger partial charge is 0.107 e. The summed E-state index contributed by atoms with van der Waals surface area (Å²) in [5.74, 6) is 1.38. The molecule has 3 heteroatoms. The molecular formula is C12H18O2S. The van der Waals surface area contributed by atoms with E-state index in [4.69, 9.17) is 5.11 Å². The molecule has 1 atom stereocenters. The number of hydrogen-bond donors (Lipinski definition) is 1. The van der Waals surface area contributed by atoms with Crippen LogP contribution in [-0.4, -0.2) is 27.8 Å². The van der Waals surface area contributed by atoms with Crippen LogP contribution >= 0.6 is 0 Å². The summed E-state index contributed by atoms with van der Waals surface area (Å²) in [4.78, 5) is 0. The second-order valence-corrected chi connectivity index (χ2v) is 5.21. The van der Waals surface area contributed by atoms with Gasteiger partial charge in [0.1, 0.15) is 11.5 Å². The lowest BCUT2D eigenvalue weighted by atomic mass is 10.1. The molecule has 2 nitrogen and oxygen atoms in total. The fourth-order valence-electron chi connectivity index (χ4n) is 1.41. The van der Waals surface area contributed by atoms with E-state index in [0.717, 1.165) is 18.6 Å². The van der Waals surface area contributed by atoms with Crippen molar-refractivity contribution in [2.45, 2.75) is 19.3 Å². The van der Waals surface area contributed by atoms with E-state index < -0.39 is 11.2 Å². The standard InChI is InChI=1S/C12H18O2S/c13-9-5-11-15(14)10-4-8-12-6-2-1-3-7-12/h1-3,6-7,13H,4-5,8-11H2. The Morgan fingerprint density at radius 1 is 1.07 bits per heavy atom. The minimum atomic E-state index is -0.754. The van der Waals surface area contributed by atoms with Crippen molar-refractivity contribution < 1.29 is 9.66 Å². The van der Waals surface area contributed by atoms with Crippen molar-refractivity contribution in [2.75, 3.05) is 18.1 Å². The summed E-state index contributed by atoms with van der Waals surface area (Å²) in [5.41, 5.74) is 1.30. The summed E-state index contributed by atoms with van der Waals surface area (Å²) < 4.78 is 11.4. The normalized spacial score (nSPS) is 12.7. The topological polar surface area (TPSA) is 43.3 Å². The van der Waals surface area contributed by atoms with Gasteiger partial charge in [-0.05, 0) is 18.4 Å². The van der Waals surface area contributed by atoms with E-state index in [1.807, 2.05) is 18.2 Å².